The molecule has 3 aromatic rings. The first kappa shape index (κ1) is 23.6. The Hall–Kier alpha value is -2.54. The third kappa shape index (κ3) is 5.03. The van der Waals surface area contributed by atoms with Crippen LogP contribution in [0.2, 0.25) is 0 Å². The van der Waals surface area contributed by atoms with E-state index >= 15 is 0 Å². The van der Waals surface area contributed by atoms with Crippen molar-refractivity contribution in [3.05, 3.63) is 51.6 Å². The van der Waals surface area contributed by atoms with Crippen LogP contribution in [-0.4, -0.2) is 36.1 Å². The van der Waals surface area contributed by atoms with Gasteiger partial charge < -0.3 is 4.98 Å². The molecule has 1 aliphatic rings. The second-order valence-corrected chi connectivity index (χ2v) is 10.4. The van der Waals surface area contributed by atoms with E-state index in [-0.39, 0.29) is 17.1 Å². The number of H-pyrrole nitrogens is 1. The van der Waals surface area contributed by atoms with E-state index in [9.17, 15) is 4.79 Å². The Kier molecular flexibility index (Phi) is 6.98. The summed E-state index contributed by atoms with van der Waals surface area (Å²) in [6.45, 7) is 11.3. The molecule has 1 fully saturated rings. The van der Waals surface area contributed by atoms with Gasteiger partial charge in [0.15, 0.2) is 5.82 Å². The number of pyridine rings is 1. The first-order chi connectivity index (χ1) is 15.8. The minimum Gasteiger partial charge on any atom is -0.322 e. The Labute approximate surface area is 196 Å². The number of aromatic amines is 1. The third-order valence-corrected chi connectivity index (χ3v) is 7.00. The molecule has 7 nitrogen and oxygen atoms in total. The summed E-state index contributed by atoms with van der Waals surface area (Å²) >= 11 is 0. The van der Waals surface area contributed by atoms with Gasteiger partial charge in [-0.2, -0.15) is 0 Å². The summed E-state index contributed by atoms with van der Waals surface area (Å²) in [5.74, 6) is 0.890. The van der Waals surface area contributed by atoms with Crippen LogP contribution in [-0.2, 0) is 18.5 Å². The number of aryl methyl sites for hydroxylation is 1. The molecule has 0 saturated heterocycles. The molecule has 0 aliphatic heterocycles. The van der Waals surface area contributed by atoms with Gasteiger partial charge in [0.25, 0.3) is 5.56 Å². The van der Waals surface area contributed by atoms with Crippen molar-refractivity contribution in [3.8, 4) is 0 Å². The molecule has 2 aromatic heterocycles. The topological polar surface area (TPSA) is 79.7 Å². The highest BCUT2D eigenvalue weighted by atomic mass is 16.1. The van der Waals surface area contributed by atoms with E-state index in [1.54, 1.807) is 0 Å². The Balaban J connectivity index is 1.76. The van der Waals surface area contributed by atoms with Gasteiger partial charge in [-0.1, -0.05) is 39.2 Å². The number of hydrogen-bond donors (Lipinski definition) is 1. The van der Waals surface area contributed by atoms with Crippen LogP contribution < -0.4 is 5.56 Å². The lowest BCUT2D eigenvalue weighted by atomic mass is 9.92. The molecular weight excluding hydrogens is 412 g/mol. The summed E-state index contributed by atoms with van der Waals surface area (Å²) < 4.78 is 1.95. The highest BCUT2D eigenvalue weighted by Gasteiger charge is 2.33. The second kappa shape index (κ2) is 9.75. The summed E-state index contributed by atoms with van der Waals surface area (Å²) in [7, 11) is 0. The van der Waals surface area contributed by atoms with Crippen LogP contribution in [0.3, 0.4) is 0 Å². The Morgan fingerprint density at radius 3 is 2.58 bits per heavy atom. The zero-order valence-electron chi connectivity index (χ0n) is 20.8. The average molecular weight is 451 g/mol. The van der Waals surface area contributed by atoms with Gasteiger partial charge in [-0.15, -0.1) is 5.10 Å². The third-order valence-electron chi connectivity index (χ3n) is 7.00. The van der Waals surface area contributed by atoms with Crippen LogP contribution in [0.5, 0.6) is 0 Å². The van der Waals surface area contributed by atoms with Gasteiger partial charge in [0, 0.05) is 23.7 Å². The number of nitrogens with zero attached hydrogens (tertiary/aromatic N) is 5. The highest BCUT2D eigenvalue weighted by molar-refractivity contribution is 5.79. The van der Waals surface area contributed by atoms with Crippen LogP contribution in [0.25, 0.3) is 10.9 Å². The summed E-state index contributed by atoms with van der Waals surface area (Å²) in [6, 6.07) is 8.86. The fourth-order valence-electron chi connectivity index (χ4n) is 5.19. The molecule has 1 atom stereocenters. The summed E-state index contributed by atoms with van der Waals surface area (Å²) in [5.41, 5.74) is 2.78. The van der Waals surface area contributed by atoms with Crippen LogP contribution in [0.1, 0.15) is 96.1 Å². The van der Waals surface area contributed by atoms with Gasteiger partial charge in [0.2, 0.25) is 0 Å². The van der Waals surface area contributed by atoms with Crippen molar-refractivity contribution in [2.45, 2.75) is 104 Å². The van der Waals surface area contributed by atoms with Crippen molar-refractivity contribution in [2.24, 2.45) is 0 Å². The van der Waals surface area contributed by atoms with Gasteiger partial charge in [0.1, 0.15) is 0 Å². The lowest BCUT2D eigenvalue weighted by molar-refractivity contribution is 0.0810. The minimum atomic E-state index is -0.207. The number of hydrogen-bond acceptors (Lipinski definition) is 5. The first-order valence-corrected chi connectivity index (χ1v) is 12.5. The zero-order chi connectivity index (χ0) is 23.6. The number of aromatic nitrogens is 5. The SMILES string of the molecule is CCc1ccc2[nH]c(=O)c(CN(C3CCCCC3)C(CC)c3nnnn3C(C)(C)C)cc2c1. The van der Waals surface area contributed by atoms with Crippen molar-refractivity contribution in [1.29, 1.82) is 0 Å². The molecule has 2 heterocycles. The van der Waals surface area contributed by atoms with E-state index in [0.29, 0.717) is 12.6 Å². The zero-order valence-corrected chi connectivity index (χ0v) is 20.8. The van der Waals surface area contributed by atoms with Gasteiger partial charge in [-0.25, -0.2) is 4.68 Å². The fourth-order valence-corrected chi connectivity index (χ4v) is 5.19. The van der Waals surface area contributed by atoms with Gasteiger partial charge in [0.05, 0.1) is 11.6 Å². The van der Waals surface area contributed by atoms with Crippen LogP contribution in [0.4, 0.5) is 0 Å². The average Bonchev–Trinajstić information content (AvgIpc) is 3.30. The molecule has 178 valence electrons. The van der Waals surface area contributed by atoms with Crippen molar-refractivity contribution in [3.63, 3.8) is 0 Å². The molecule has 0 spiro atoms. The van der Waals surface area contributed by atoms with Crippen LogP contribution in [0, 0.1) is 0 Å². The van der Waals surface area contributed by atoms with E-state index in [2.05, 4.69) is 78.2 Å². The quantitative estimate of drug-likeness (QED) is 0.540. The number of benzene rings is 1. The standard InChI is InChI=1S/C26H38N6O/c1-6-18-13-14-22-19(15-18)16-20(25(33)27-22)17-31(21-11-9-8-10-12-21)23(7-2)24-28-29-30-32(24)26(3,4)5/h13-16,21,23H,6-12,17H2,1-5H3,(H,27,33). The number of fused-ring (bicyclic) bond motifs is 1. The monoisotopic (exact) mass is 450 g/mol. The molecule has 33 heavy (non-hydrogen) atoms. The summed E-state index contributed by atoms with van der Waals surface area (Å²) in [5, 5.41) is 13.9. The van der Waals surface area contributed by atoms with Crippen LogP contribution in [0.15, 0.2) is 29.1 Å². The largest absolute Gasteiger partial charge is 0.322 e. The van der Waals surface area contributed by atoms with E-state index < -0.39 is 0 Å². The van der Waals surface area contributed by atoms with Crippen molar-refractivity contribution in [2.75, 3.05) is 0 Å². The lowest BCUT2D eigenvalue weighted by Gasteiger charge is -2.39. The van der Waals surface area contributed by atoms with Crippen molar-refractivity contribution in [1.82, 2.24) is 30.1 Å². The molecule has 1 N–H and O–H groups in total. The van der Waals surface area contributed by atoms with Crippen molar-refractivity contribution < 1.29 is 0 Å². The van der Waals surface area contributed by atoms with E-state index in [0.717, 1.165) is 48.0 Å². The first-order valence-electron chi connectivity index (χ1n) is 12.5. The van der Waals surface area contributed by atoms with Crippen LogP contribution >= 0.6 is 0 Å². The normalized spacial score (nSPS) is 16.5. The molecule has 1 aliphatic carbocycles. The highest BCUT2D eigenvalue weighted by Crippen LogP contribution is 2.34. The summed E-state index contributed by atoms with van der Waals surface area (Å²) in [6.07, 6.45) is 7.92. The Morgan fingerprint density at radius 2 is 1.91 bits per heavy atom. The van der Waals surface area contributed by atoms with Crippen molar-refractivity contribution >= 4 is 10.9 Å². The van der Waals surface area contributed by atoms with Gasteiger partial charge in [-0.3, -0.25) is 9.69 Å². The summed E-state index contributed by atoms with van der Waals surface area (Å²) in [4.78, 5) is 18.7. The van der Waals surface area contributed by atoms with E-state index in [1.807, 2.05) is 10.7 Å². The predicted molar refractivity (Wildman–Crippen MR) is 132 cm³/mol. The maximum atomic E-state index is 13.1. The lowest BCUT2D eigenvalue weighted by Crippen LogP contribution is -2.42. The van der Waals surface area contributed by atoms with E-state index in [1.165, 1.54) is 24.8 Å². The fraction of sp³-hybridized carbons (Fsp3) is 0.615. The Bertz CT molecular complexity index is 1140. The molecule has 4 rings (SSSR count). The Morgan fingerprint density at radius 1 is 1.15 bits per heavy atom. The maximum absolute atomic E-state index is 13.1. The molecule has 1 saturated carbocycles. The number of tetrazole rings is 1. The predicted octanol–water partition coefficient (Wildman–Crippen LogP) is 5.12. The molecule has 0 amide bonds. The molecular formula is C26H38N6O. The number of rotatable bonds is 7. The van der Waals surface area contributed by atoms with Gasteiger partial charge >= 0.3 is 0 Å². The molecule has 1 aromatic carbocycles. The minimum absolute atomic E-state index is 0.00201. The molecule has 7 heteroatoms. The van der Waals surface area contributed by atoms with Gasteiger partial charge in [-0.05, 0) is 86.0 Å². The maximum Gasteiger partial charge on any atom is 0.252 e. The molecule has 0 bridgehead atoms. The smallest absolute Gasteiger partial charge is 0.252 e. The van der Waals surface area contributed by atoms with E-state index in [4.69, 9.17) is 0 Å². The number of nitrogens with one attached hydrogen (secondary N) is 1. The molecule has 0 radical (unpaired) electrons. The molecule has 1 unspecified atom stereocenters. The second-order valence-electron chi connectivity index (χ2n) is 10.4.